The molecule has 0 bridgehead atoms. The van der Waals surface area contributed by atoms with Gasteiger partial charge in [0.05, 0.1) is 23.8 Å². The van der Waals surface area contributed by atoms with Gasteiger partial charge in [-0.25, -0.2) is 0 Å². The second-order valence-corrected chi connectivity index (χ2v) is 3.45. The number of nitrogens with two attached hydrogens (primary N) is 1. The Morgan fingerprint density at radius 3 is 2.64 bits per heavy atom. The molecule has 0 heterocycles. The minimum Gasteiger partial charge on any atom is -0.391 e. The number of hydrogen-bond donors (Lipinski definition) is 2. The molecule has 0 radical (unpaired) electrons. The number of nitriles is 1. The molecule has 1 aromatic rings. The highest BCUT2D eigenvalue weighted by molar-refractivity contribution is 5.40. The Morgan fingerprint density at radius 1 is 1.50 bits per heavy atom. The van der Waals surface area contributed by atoms with Crippen LogP contribution in [0.4, 0.5) is 0 Å². The summed E-state index contributed by atoms with van der Waals surface area (Å²) in [5.41, 5.74) is 8.08. The average molecular weight is 190 g/mol. The van der Waals surface area contributed by atoms with E-state index < -0.39 is 12.1 Å². The van der Waals surface area contributed by atoms with Crippen LogP contribution in [-0.2, 0) is 0 Å². The lowest BCUT2D eigenvalue weighted by Crippen LogP contribution is -2.23. The first-order valence-corrected chi connectivity index (χ1v) is 4.50. The Balaban J connectivity index is 3.08. The topological polar surface area (TPSA) is 70.0 Å². The summed E-state index contributed by atoms with van der Waals surface area (Å²) in [5.74, 6) is 0. The molecular weight excluding hydrogens is 176 g/mol. The van der Waals surface area contributed by atoms with E-state index in [1.807, 2.05) is 19.1 Å². The summed E-state index contributed by atoms with van der Waals surface area (Å²) in [6, 6.07) is 7.08. The smallest absolute Gasteiger partial charge is 0.0994 e. The van der Waals surface area contributed by atoms with Crippen molar-refractivity contribution in [1.82, 2.24) is 0 Å². The molecule has 3 nitrogen and oxygen atoms in total. The lowest BCUT2D eigenvalue weighted by atomic mass is 9.99. The Bertz CT molecular complexity index is 366. The summed E-state index contributed by atoms with van der Waals surface area (Å²) in [6.07, 6.45) is -0.607. The van der Waals surface area contributed by atoms with Gasteiger partial charge in [0.1, 0.15) is 0 Å². The van der Waals surface area contributed by atoms with E-state index in [1.54, 1.807) is 13.0 Å². The third-order valence-corrected chi connectivity index (χ3v) is 2.29. The van der Waals surface area contributed by atoms with E-state index in [0.717, 1.165) is 11.1 Å². The molecule has 0 aliphatic carbocycles. The molecule has 0 fully saturated rings. The molecule has 1 rings (SSSR count). The van der Waals surface area contributed by atoms with Crippen LogP contribution in [0.1, 0.15) is 29.7 Å². The van der Waals surface area contributed by atoms with Crippen LogP contribution < -0.4 is 5.73 Å². The molecule has 1 aromatic carbocycles. The monoisotopic (exact) mass is 190 g/mol. The Labute approximate surface area is 83.8 Å². The van der Waals surface area contributed by atoms with Crippen molar-refractivity contribution in [2.24, 2.45) is 5.73 Å². The SMILES string of the molecule is Cc1ccc([C@H](N)[C@H](C)O)cc1C#N. The summed E-state index contributed by atoms with van der Waals surface area (Å²) in [5, 5.41) is 18.1. The number of hydrogen-bond acceptors (Lipinski definition) is 3. The maximum absolute atomic E-state index is 9.30. The van der Waals surface area contributed by atoms with Crippen LogP contribution in [0.2, 0.25) is 0 Å². The summed E-state index contributed by atoms with van der Waals surface area (Å²) < 4.78 is 0. The van der Waals surface area contributed by atoms with E-state index in [1.165, 1.54) is 0 Å². The summed E-state index contributed by atoms with van der Waals surface area (Å²) in [7, 11) is 0. The Hall–Kier alpha value is -1.37. The summed E-state index contributed by atoms with van der Waals surface area (Å²) in [4.78, 5) is 0. The molecule has 0 aliphatic rings. The van der Waals surface area contributed by atoms with Gasteiger partial charge in [0.25, 0.3) is 0 Å². The van der Waals surface area contributed by atoms with Gasteiger partial charge in [0.2, 0.25) is 0 Å². The fourth-order valence-electron chi connectivity index (χ4n) is 1.25. The normalized spacial score (nSPS) is 14.5. The highest BCUT2D eigenvalue weighted by Crippen LogP contribution is 2.17. The first-order chi connectivity index (χ1) is 6.56. The van der Waals surface area contributed by atoms with Gasteiger partial charge in [-0.15, -0.1) is 0 Å². The molecule has 0 amide bonds. The van der Waals surface area contributed by atoms with Gasteiger partial charge in [0.15, 0.2) is 0 Å². The van der Waals surface area contributed by atoms with Gasteiger partial charge < -0.3 is 10.8 Å². The minimum atomic E-state index is -0.607. The molecule has 0 unspecified atom stereocenters. The van der Waals surface area contributed by atoms with Crippen LogP contribution in [0.25, 0.3) is 0 Å². The van der Waals surface area contributed by atoms with Crippen molar-refractivity contribution in [2.45, 2.75) is 26.0 Å². The van der Waals surface area contributed by atoms with Gasteiger partial charge >= 0.3 is 0 Å². The molecular formula is C11H14N2O. The van der Waals surface area contributed by atoms with Crippen molar-refractivity contribution in [3.8, 4) is 6.07 Å². The molecule has 74 valence electrons. The molecule has 0 aromatic heterocycles. The molecule has 0 aliphatic heterocycles. The zero-order valence-electron chi connectivity index (χ0n) is 8.36. The minimum absolute atomic E-state index is 0.428. The van der Waals surface area contributed by atoms with Crippen molar-refractivity contribution < 1.29 is 5.11 Å². The molecule has 0 spiro atoms. The standard InChI is InChI=1S/C11H14N2O/c1-7-3-4-9(5-10(7)6-12)11(13)8(2)14/h3-5,8,11,14H,13H2,1-2H3/t8-,11+/m0/s1. The Kier molecular flexibility index (Phi) is 3.23. The highest BCUT2D eigenvalue weighted by Gasteiger charge is 2.12. The third-order valence-electron chi connectivity index (χ3n) is 2.29. The predicted molar refractivity (Wildman–Crippen MR) is 54.5 cm³/mol. The molecule has 0 saturated heterocycles. The van der Waals surface area contributed by atoms with Gasteiger partial charge in [0, 0.05) is 0 Å². The van der Waals surface area contributed by atoms with Gasteiger partial charge in [-0.1, -0.05) is 12.1 Å². The maximum atomic E-state index is 9.30. The highest BCUT2D eigenvalue weighted by atomic mass is 16.3. The van der Waals surface area contributed by atoms with E-state index >= 15 is 0 Å². The van der Waals surface area contributed by atoms with Crippen molar-refractivity contribution in [3.05, 3.63) is 34.9 Å². The zero-order valence-corrected chi connectivity index (χ0v) is 8.36. The van der Waals surface area contributed by atoms with E-state index in [2.05, 4.69) is 6.07 Å². The van der Waals surface area contributed by atoms with Gasteiger partial charge in [-0.2, -0.15) is 5.26 Å². The van der Waals surface area contributed by atoms with E-state index in [-0.39, 0.29) is 0 Å². The van der Waals surface area contributed by atoms with Crippen LogP contribution in [0.15, 0.2) is 18.2 Å². The lowest BCUT2D eigenvalue weighted by Gasteiger charge is -2.15. The van der Waals surface area contributed by atoms with Gasteiger partial charge in [-0.3, -0.25) is 0 Å². The molecule has 2 atom stereocenters. The largest absolute Gasteiger partial charge is 0.391 e. The molecule has 3 N–H and O–H groups in total. The number of rotatable bonds is 2. The Morgan fingerprint density at radius 2 is 2.14 bits per heavy atom. The number of nitrogens with zero attached hydrogens (tertiary/aromatic N) is 1. The van der Waals surface area contributed by atoms with Crippen molar-refractivity contribution >= 4 is 0 Å². The van der Waals surface area contributed by atoms with E-state index in [9.17, 15) is 5.11 Å². The third kappa shape index (κ3) is 2.11. The van der Waals surface area contributed by atoms with E-state index in [4.69, 9.17) is 11.0 Å². The van der Waals surface area contributed by atoms with Crippen LogP contribution in [0.5, 0.6) is 0 Å². The number of aryl methyl sites for hydroxylation is 1. The second kappa shape index (κ2) is 4.23. The van der Waals surface area contributed by atoms with Crippen molar-refractivity contribution in [1.29, 1.82) is 5.26 Å². The van der Waals surface area contributed by atoms with Crippen molar-refractivity contribution in [2.75, 3.05) is 0 Å². The zero-order chi connectivity index (χ0) is 10.7. The summed E-state index contributed by atoms with van der Waals surface area (Å²) in [6.45, 7) is 3.51. The first kappa shape index (κ1) is 10.7. The fraction of sp³-hybridized carbons (Fsp3) is 0.364. The molecule has 3 heteroatoms. The maximum Gasteiger partial charge on any atom is 0.0994 e. The van der Waals surface area contributed by atoms with Crippen LogP contribution in [0.3, 0.4) is 0 Å². The quantitative estimate of drug-likeness (QED) is 0.737. The average Bonchev–Trinajstić information content (AvgIpc) is 2.17. The number of benzene rings is 1. The van der Waals surface area contributed by atoms with Crippen LogP contribution in [-0.4, -0.2) is 11.2 Å². The molecule has 14 heavy (non-hydrogen) atoms. The second-order valence-electron chi connectivity index (χ2n) is 3.45. The number of aliphatic hydroxyl groups is 1. The first-order valence-electron chi connectivity index (χ1n) is 4.50. The van der Waals surface area contributed by atoms with Gasteiger partial charge in [-0.05, 0) is 31.0 Å². The lowest BCUT2D eigenvalue weighted by molar-refractivity contribution is 0.164. The summed E-state index contributed by atoms with van der Waals surface area (Å²) >= 11 is 0. The molecule has 0 saturated carbocycles. The number of aliphatic hydroxyl groups excluding tert-OH is 1. The van der Waals surface area contributed by atoms with Crippen LogP contribution in [0, 0.1) is 18.3 Å². The fourth-order valence-corrected chi connectivity index (χ4v) is 1.25. The van der Waals surface area contributed by atoms with Crippen molar-refractivity contribution in [3.63, 3.8) is 0 Å². The van der Waals surface area contributed by atoms with E-state index in [0.29, 0.717) is 5.56 Å². The predicted octanol–water partition coefficient (Wildman–Crippen LogP) is 1.25. The van der Waals surface area contributed by atoms with Crippen LogP contribution >= 0.6 is 0 Å².